The molecule has 0 unspecified atom stereocenters. The van der Waals surface area contributed by atoms with Gasteiger partial charge in [0.1, 0.15) is 6.61 Å². The van der Waals surface area contributed by atoms with Crippen LogP contribution in [0.25, 0.3) is 22.2 Å². The number of para-hydroxylation sites is 1. The van der Waals surface area contributed by atoms with Crippen molar-refractivity contribution in [2.24, 2.45) is 0 Å². The van der Waals surface area contributed by atoms with Crippen molar-refractivity contribution in [2.75, 3.05) is 0 Å². The summed E-state index contributed by atoms with van der Waals surface area (Å²) in [5.74, 6) is 0.508. The zero-order chi connectivity index (χ0) is 17.9. The van der Waals surface area contributed by atoms with E-state index in [0.29, 0.717) is 18.2 Å². The first-order valence-corrected chi connectivity index (χ1v) is 8.47. The highest BCUT2D eigenvalue weighted by molar-refractivity contribution is 5.85. The Kier molecular flexibility index (Phi) is 4.23. The number of ether oxygens (including phenoxy) is 1. The van der Waals surface area contributed by atoms with Gasteiger partial charge in [-0.05, 0) is 24.6 Å². The molecule has 2 aromatic carbocycles. The molecule has 128 valence electrons. The molecule has 0 bridgehead atoms. The van der Waals surface area contributed by atoms with Gasteiger partial charge in [0.15, 0.2) is 5.43 Å². The summed E-state index contributed by atoms with van der Waals surface area (Å²) < 4.78 is 6.03. The van der Waals surface area contributed by atoms with Crippen LogP contribution in [0.1, 0.15) is 11.3 Å². The second-order valence-electron chi connectivity index (χ2n) is 6.22. The number of pyridine rings is 2. The highest BCUT2D eigenvalue weighted by atomic mass is 16.5. The normalized spacial score (nSPS) is 10.8. The third kappa shape index (κ3) is 3.35. The molecule has 4 rings (SSSR count). The number of aromatic amines is 1. The van der Waals surface area contributed by atoms with Gasteiger partial charge in [0.25, 0.3) is 0 Å². The molecular formula is C22H18N2O2. The van der Waals surface area contributed by atoms with Gasteiger partial charge < -0.3 is 9.72 Å². The maximum atomic E-state index is 12.0. The monoisotopic (exact) mass is 342 g/mol. The summed E-state index contributed by atoms with van der Waals surface area (Å²) in [5.41, 5.74) is 4.16. The fourth-order valence-corrected chi connectivity index (χ4v) is 2.95. The van der Waals surface area contributed by atoms with E-state index in [2.05, 4.69) is 9.97 Å². The van der Waals surface area contributed by atoms with Gasteiger partial charge >= 0.3 is 0 Å². The zero-order valence-corrected chi connectivity index (χ0v) is 14.4. The number of hydrogen-bond acceptors (Lipinski definition) is 3. The third-order valence-electron chi connectivity index (χ3n) is 4.17. The summed E-state index contributed by atoms with van der Waals surface area (Å²) >= 11 is 0. The maximum absolute atomic E-state index is 12.0. The molecule has 2 heterocycles. The molecule has 0 aliphatic carbocycles. The van der Waals surface area contributed by atoms with Gasteiger partial charge in [-0.3, -0.25) is 4.79 Å². The first kappa shape index (κ1) is 16.1. The number of fused-ring (bicyclic) bond motifs is 1. The minimum Gasteiger partial charge on any atom is -0.472 e. The Balaban J connectivity index is 1.82. The van der Waals surface area contributed by atoms with Crippen molar-refractivity contribution in [1.82, 2.24) is 9.97 Å². The number of nitrogens with one attached hydrogen (secondary N) is 1. The molecule has 1 N–H and O–H groups in total. The Labute approximate surface area is 151 Å². The molecular weight excluding hydrogens is 324 g/mol. The highest BCUT2D eigenvalue weighted by Gasteiger charge is 2.12. The number of hydrogen-bond donors (Lipinski definition) is 1. The molecule has 0 spiro atoms. The number of benzene rings is 2. The minimum atomic E-state index is -0.0431. The van der Waals surface area contributed by atoms with Gasteiger partial charge in [-0.1, -0.05) is 48.5 Å². The summed E-state index contributed by atoms with van der Waals surface area (Å²) in [6.07, 6.45) is 0. The van der Waals surface area contributed by atoms with Crippen LogP contribution in [0.4, 0.5) is 0 Å². The molecule has 0 atom stereocenters. The van der Waals surface area contributed by atoms with Crippen LogP contribution in [-0.4, -0.2) is 9.97 Å². The molecule has 4 heteroatoms. The largest absolute Gasteiger partial charge is 0.472 e. The molecule has 4 nitrogen and oxygen atoms in total. The Morgan fingerprint density at radius 2 is 1.73 bits per heavy atom. The standard InChI is InChI=1S/C22H18N2O2/c1-15-11-18(25)13-21(23-15)19-12-17-9-5-6-10-20(17)24-22(19)26-14-16-7-3-2-4-8-16/h2-13H,14H2,1H3,(H,23,25). The molecule has 2 aromatic heterocycles. The van der Waals surface area contributed by atoms with Crippen LogP contribution >= 0.6 is 0 Å². The number of aromatic nitrogens is 2. The van der Waals surface area contributed by atoms with Crippen LogP contribution < -0.4 is 10.2 Å². The second-order valence-corrected chi connectivity index (χ2v) is 6.22. The van der Waals surface area contributed by atoms with Crippen molar-refractivity contribution in [3.63, 3.8) is 0 Å². The summed E-state index contributed by atoms with van der Waals surface area (Å²) in [6, 6.07) is 23.0. The minimum absolute atomic E-state index is 0.0431. The molecule has 0 amide bonds. The van der Waals surface area contributed by atoms with Crippen LogP contribution in [0.3, 0.4) is 0 Å². The van der Waals surface area contributed by atoms with Gasteiger partial charge in [0.2, 0.25) is 5.88 Å². The first-order valence-electron chi connectivity index (χ1n) is 8.47. The summed E-state index contributed by atoms with van der Waals surface area (Å²) in [5, 5.41) is 0.997. The quantitative estimate of drug-likeness (QED) is 0.595. The smallest absolute Gasteiger partial charge is 0.223 e. The van der Waals surface area contributed by atoms with Crippen LogP contribution in [0.5, 0.6) is 5.88 Å². The van der Waals surface area contributed by atoms with Gasteiger partial charge in [0.05, 0.1) is 16.8 Å². The predicted octanol–water partition coefficient (Wildman–Crippen LogP) is 4.48. The van der Waals surface area contributed by atoms with Crippen molar-refractivity contribution in [1.29, 1.82) is 0 Å². The lowest BCUT2D eigenvalue weighted by Crippen LogP contribution is -2.04. The van der Waals surface area contributed by atoms with E-state index in [1.807, 2.05) is 67.6 Å². The maximum Gasteiger partial charge on any atom is 0.223 e. The summed E-state index contributed by atoms with van der Waals surface area (Å²) in [6.45, 7) is 2.28. The number of nitrogens with zero attached hydrogens (tertiary/aromatic N) is 1. The lowest BCUT2D eigenvalue weighted by Gasteiger charge is -2.13. The lowest BCUT2D eigenvalue weighted by atomic mass is 10.1. The highest BCUT2D eigenvalue weighted by Crippen LogP contribution is 2.30. The average molecular weight is 342 g/mol. The summed E-state index contributed by atoms with van der Waals surface area (Å²) in [4.78, 5) is 19.9. The number of H-pyrrole nitrogens is 1. The topological polar surface area (TPSA) is 55.0 Å². The van der Waals surface area contributed by atoms with Crippen molar-refractivity contribution < 1.29 is 4.74 Å². The Hall–Kier alpha value is -3.40. The van der Waals surface area contributed by atoms with Crippen LogP contribution in [0, 0.1) is 6.92 Å². The van der Waals surface area contributed by atoms with E-state index >= 15 is 0 Å². The van der Waals surface area contributed by atoms with E-state index < -0.39 is 0 Å². The first-order chi connectivity index (χ1) is 12.7. The molecule has 0 saturated carbocycles. The fraction of sp³-hybridized carbons (Fsp3) is 0.0909. The molecule has 0 aliphatic rings. The molecule has 0 saturated heterocycles. The molecule has 0 radical (unpaired) electrons. The van der Waals surface area contributed by atoms with Gasteiger partial charge in [-0.15, -0.1) is 0 Å². The van der Waals surface area contributed by atoms with Gasteiger partial charge in [0, 0.05) is 23.2 Å². The van der Waals surface area contributed by atoms with Crippen LogP contribution in [0.2, 0.25) is 0 Å². The van der Waals surface area contributed by atoms with E-state index in [0.717, 1.165) is 27.7 Å². The van der Waals surface area contributed by atoms with E-state index in [1.165, 1.54) is 0 Å². The number of aryl methyl sites for hydroxylation is 1. The fourth-order valence-electron chi connectivity index (χ4n) is 2.95. The molecule has 4 aromatic rings. The third-order valence-corrected chi connectivity index (χ3v) is 4.17. The van der Waals surface area contributed by atoms with E-state index in [-0.39, 0.29) is 5.43 Å². The van der Waals surface area contributed by atoms with Gasteiger partial charge in [-0.25, -0.2) is 4.98 Å². The van der Waals surface area contributed by atoms with E-state index in [9.17, 15) is 4.79 Å². The molecule has 0 aliphatic heterocycles. The van der Waals surface area contributed by atoms with Crippen molar-refractivity contribution in [2.45, 2.75) is 13.5 Å². The van der Waals surface area contributed by atoms with Crippen LogP contribution in [0.15, 0.2) is 77.6 Å². The van der Waals surface area contributed by atoms with E-state index in [4.69, 9.17) is 4.74 Å². The molecule has 0 fully saturated rings. The lowest BCUT2D eigenvalue weighted by molar-refractivity contribution is 0.296. The number of rotatable bonds is 4. The molecule has 26 heavy (non-hydrogen) atoms. The zero-order valence-electron chi connectivity index (χ0n) is 14.4. The summed E-state index contributed by atoms with van der Waals surface area (Å²) in [7, 11) is 0. The Morgan fingerprint density at radius 3 is 2.54 bits per heavy atom. The predicted molar refractivity (Wildman–Crippen MR) is 103 cm³/mol. The SMILES string of the molecule is Cc1cc(=O)cc(-c2cc3ccccc3nc2OCc2ccccc2)[nH]1. The van der Waals surface area contributed by atoms with Crippen molar-refractivity contribution in [3.05, 3.63) is 94.3 Å². The van der Waals surface area contributed by atoms with Crippen LogP contribution in [-0.2, 0) is 6.61 Å². The van der Waals surface area contributed by atoms with Crippen molar-refractivity contribution in [3.8, 4) is 17.1 Å². The van der Waals surface area contributed by atoms with Gasteiger partial charge in [-0.2, -0.15) is 0 Å². The Morgan fingerprint density at radius 1 is 0.962 bits per heavy atom. The van der Waals surface area contributed by atoms with E-state index in [1.54, 1.807) is 12.1 Å². The second kappa shape index (κ2) is 6.84. The Bertz CT molecular complexity index is 1120. The van der Waals surface area contributed by atoms with Crippen molar-refractivity contribution >= 4 is 10.9 Å². The average Bonchev–Trinajstić information content (AvgIpc) is 2.65.